The summed E-state index contributed by atoms with van der Waals surface area (Å²) in [6.07, 6.45) is 12.3. The third kappa shape index (κ3) is 12.2. The van der Waals surface area contributed by atoms with E-state index < -0.39 is 0 Å². The quantitative estimate of drug-likeness (QED) is 0.456. The van der Waals surface area contributed by atoms with Crippen molar-refractivity contribution in [2.24, 2.45) is 5.92 Å². The molecule has 18 heavy (non-hydrogen) atoms. The van der Waals surface area contributed by atoms with Crippen LogP contribution in [0.25, 0.3) is 0 Å². The predicted molar refractivity (Wildman–Crippen MR) is 91.4 cm³/mol. The highest BCUT2D eigenvalue weighted by atomic mass is 14.2. The van der Waals surface area contributed by atoms with E-state index in [4.69, 9.17) is 0 Å². The Hall–Kier alpha value is -0.260. The first-order chi connectivity index (χ1) is 7.88. The highest BCUT2D eigenvalue weighted by Gasteiger charge is 2.15. The first-order valence-corrected chi connectivity index (χ1v) is 7.57. The molecule has 0 atom stereocenters. The summed E-state index contributed by atoms with van der Waals surface area (Å²) in [4.78, 5) is 0. The third-order valence-electron chi connectivity index (χ3n) is 3.00. The van der Waals surface area contributed by atoms with Gasteiger partial charge in [0.2, 0.25) is 0 Å². The minimum Gasteiger partial charge on any atom is -0.0853 e. The molecule has 0 bridgehead atoms. The highest BCUT2D eigenvalue weighted by Crippen LogP contribution is 2.31. The molecule has 1 saturated carbocycles. The predicted octanol–water partition coefficient (Wildman–Crippen LogP) is 7.64. The van der Waals surface area contributed by atoms with Gasteiger partial charge in [-0.3, -0.25) is 0 Å². The van der Waals surface area contributed by atoms with Gasteiger partial charge in [-0.05, 0) is 31.6 Å². The van der Waals surface area contributed by atoms with Crippen molar-refractivity contribution < 1.29 is 0 Å². The Morgan fingerprint density at radius 2 is 1.33 bits per heavy atom. The van der Waals surface area contributed by atoms with E-state index >= 15 is 0 Å². The Balaban J connectivity index is -0.000000149. The molecule has 0 radical (unpaired) electrons. The van der Waals surface area contributed by atoms with Crippen molar-refractivity contribution >= 4 is 0 Å². The molecule has 0 aliphatic heterocycles. The summed E-state index contributed by atoms with van der Waals surface area (Å²) in [5.74, 6) is 0.948. The lowest BCUT2D eigenvalue weighted by molar-refractivity contribution is 0.396. The first kappa shape index (κ1) is 26.3. The van der Waals surface area contributed by atoms with Crippen LogP contribution in [0.3, 0.4) is 0 Å². The normalized spacial score (nSPS) is 14.9. The summed E-state index contributed by atoms with van der Waals surface area (Å²) < 4.78 is 0. The maximum Gasteiger partial charge on any atom is -0.0203 e. The molecule has 0 aromatic rings. The Kier molecular flexibility index (Phi) is 32.1. The van der Waals surface area contributed by atoms with Gasteiger partial charge in [-0.25, -0.2) is 0 Å². The SMILES string of the molecule is C.C.CC.CC.CC/C=C(\CC)C1CCCCC1. The summed E-state index contributed by atoms with van der Waals surface area (Å²) in [5, 5.41) is 0. The topological polar surface area (TPSA) is 0 Å². The van der Waals surface area contributed by atoms with Gasteiger partial charge in [0.25, 0.3) is 0 Å². The lowest BCUT2D eigenvalue weighted by atomic mass is 9.82. The molecule has 0 saturated heterocycles. The van der Waals surface area contributed by atoms with Crippen LogP contribution in [-0.2, 0) is 0 Å². The zero-order chi connectivity index (χ0) is 12.8. The lowest BCUT2D eigenvalue weighted by Crippen LogP contribution is -2.08. The summed E-state index contributed by atoms with van der Waals surface area (Å²) >= 11 is 0. The second-order valence-electron chi connectivity index (χ2n) is 3.88. The van der Waals surface area contributed by atoms with Crippen LogP contribution in [0, 0.1) is 5.92 Å². The van der Waals surface area contributed by atoms with Crippen LogP contribution in [0.2, 0.25) is 0 Å². The Bertz CT molecular complexity index is 138. The van der Waals surface area contributed by atoms with Crippen molar-refractivity contribution in [1.29, 1.82) is 0 Å². The molecule has 0 aromatic heterocycles. The van der Waals surface area contributed by atoms with Crippen LogP contribution in [0.1, 0.15) is 101 Å². The highest BCUT2D eigenvalue weighted by molar-refractivity contribution is 5.06. The van der Waals surface area contributed by atoms with Crippen molar-refractivity contribution in [3.05, 3.63) is 11.6 Å². The average molecular weight is 259 g/mol. The summed E-state index contributed by atoms with van der Waals surface area (Å²) in [5.41, 5.74) is 1.73. The molecule has 1 aliphatic rings. The fourth-order valence-corrected chi connectivity index (χ4v) is 2.34. The molecule has 0 spiro atoms. The van der Waals surface area contributed by atoms with E-state index in [1.165, 1.54) is 44.9 Å². The van der Waals surface area contributed by atoms with E-state index in [1.807, 2.05) is 27.7 Å². The number of allylic oxidation sites excluding steroid dienone is 2. The van der Waals surface area contributed by atoms with Crippen LogP contribution in [-0.4, -0.2) is 0 Å². The molecule has 0 aromatic carbocycles. The van der Waals surface area contributed by atoms with Gasteiger partial charge in [0.05, 0.1) is 0 Å². The van der Waals surface area contributed by atoms with E-state index in [2.05, 4.69) is 19.9 Å². The van der Waals surface area contributed by atoms with Crippen LogP contribution in [0.15, 0.2) is 11.6 Å². The second-order valence-corrected chi connectivity index (χ2v) is 3.88. The van der Waals surface area contributed by atoms with E-state index in [0.717, 1.165) is 5.92 Å². The Morgan fingerprint density at radius 3 is 1.67 bits per heavy atom. The van der Waals surface area contributed by atoms with Crippen LogP contribution in [0.5, 0.6) is 0 Å². The van der Waals surface area contributed by atoms with Crippen LogP contribution in [0.4, 0.5) is 0 Å². The van der Waals surface area contributed by atoms with E-state index in [0.29, 0.717) is 0 Å². The number of hydrogen-bond acceptors (Lipinski definition) is 0. The number of hydrogen-bond donors (Lipinski definition) is 0. The third-order valence-corrected chi connectivity index (χ3v) is 3.00. The lowest BCUT2D eigenvalue weighted by Gasteiger charge is -2.23. The molecule has 1 fully saturated rings. The smallest absolute Gasteiger partial charge is 0.0203 e. The minimum atomic E-state index is 0. The maximum absolute atomic E-state index is 2.45. The molecular formula is C18H42. The minimum absolute atomic E-state index is 0. The molecule has 0 unspecified atom stereocenters. The zero-order valence-electron chi connectivity index (χ0n) is 12.6. The van der Waals surface area contributed by atoms with Gasteiger partial charge in [-0.15, -0.1) is 0 Å². The van der Waals surface area contributed by atoms with Crippen molar-refractivity contribution in [2.45, 2.75) is 101 Å². The van der Waals surface area contributed by atoms with Gasteiger partial charge in [0.15, 0.2) is 0 Å². The van der Waals surface area contributed by atoms with Crippen molar-refractivity contribution in [1.82, 2.24) is 0 Å². The number of rotatable bonds is 3. The van der Waals surface area contributed by atoms with E-state index in [-0.39, 0.29) is 14.9 Å². The molecule has 0 heterocycles. The average Bonchev–Trinajstić information content (AvgIpc) is 2.41. The van der Waals surface area contributed by atoms with Crippen molar-refractivity contribution in [3.8, 4) is 0 Å². The monoisotopic (exact) mass is 258 g/mol. The molecule has 0 heteroatoms. The molecule has 114 valence electrons. The van der Waals surface area contributed by atoms with Gasteiger partial charge in [-0.2, -0.15) is 0 Å². The molecule has 1 rings (SSSR count). The van der Waals surface area contributed by atoms with E-state index in [9.17, 15) is 0 Å². The van der Waals surface area contributed by atoms with Gasteiger partial charge in [0.1, 0.15) is 0 Å². The van der Waals surface area contributed by atoms with Gasteiger partial charge in [-0.1, -0.05) is 87.3 Å². The molecular weight excluding hydrogens is 216 g/mol. The van der Waals surface area contributed by atoms with Gasteiger partial charge < -0.3 is 0 Å². The molecule has 0 N–H and O–H groups in total. The van der Waals surface area contributed by atoms with Crippen molar-refractivity contribution in [2.75, 3.05) is 0 Å². The summed E-state index contributed by atoms with van der Waals surface area (Å²) in [6.45, 7) is 12.6. The molecule has 0 nitrogen and oxygen atoms in total. The Labute approximate surface area is 119 Å². The van der Waals surface area contributed by atoms with E-state index in [1.54, 1.807) is 5.57 Å². The first-order valence-electron chi connectivity index (χ1n) is 7.57. The van der Waals surface area contributed by atoms with Crippen molar-refractivity contribution in [3.63, 3.8) is 0 Å². The van der Waals surface area contributed by atoms with Crippen LogP contribution < -0.4 is 0 Å². The standard InChI is InChI=1S/C12H22.2C2H6.2CH4/c1-3-8-11(4-2)12-9-6-5-7-10-12;2*1-2;;/h8,12H,3-7,9-10H2,1-2H3;2*1-2H3;2*1H4/b11-8+;;;;. The summed E-state index contributed by atoms with van der Waals surface area (Å²) in [7, 11) is 0. The molecule has 1 aliphatic carbocycles. The largest absolute Gasteiger partial charge is 0.0853 e. The van der Waals surface area contributed by atoms with Gasteiger partial charge >= 0.3 is 0 Å². The summed E-state index contributed by atoms with van der Waals surface area (Å²) in [6, 6.07) is 0. The zero-order valence-corrected chi connectivity index (χ0v) is 12.6. The maximum atomic E-state index is 2.45. The van der Waals surface area contributed by atoms with Crippen LogP contribution >= 0.6 is 0 Å². The second kappa shape index (κ2) is 22.0. The van der Waals surface area contributed by atoms with Gasteiger partial charge in [0, 0.05) is 0 Å². The Morgan fingerprint density at radius 1 is 0.889 bits per heavy atom. The molecule has 0 amide bonds. The fourth-order valence-electron chi connectivity index (χ4n) is 2.34. The fraction of sp³-hybridized carbons (Fsp3) is 0.889.